The van der Waals surface area contributed by atoms with Crippen LogP contribution in [0.25, 0.3) is 0 Å². The molecule has 0 heterocycles. The summed E-state index contributed by atoms with van der Waals surface area (Å²) in [5.74, 6) is -0.211. The Morgan fingerprint density at radius 2 is 1.56 bits per heavy atom. The number of hydrogen-bond donors (Lipinski definition) is 1. The molecular weight excluding hydrogens is 232 g/mol. The molecule has 0 bridgehead atoms. The van der Waals surface area contributed by atoms with Crippen molar-refractivity contribution in [3.05, 3.63) is 30.1 Å². The van der Waals surface area contributed by atoms with Crippen molar-refractivity contribution in [3.63, 3.8) is 0 Å². The predicted molar refractivity (Wildman–Crippen MR) is 28.9 cm³/mol. The molecule has 0 saturated carbocycles. The van der Waals surface area contributed by atoms with E-state index in [-0.39, 0.29) is 29.8 Å². The van der Waals surface area contributed by atoms with E-state index in [1.54, 1.807) is 12.1 Å². The Bertz CT molecular complexity index is 152. The van der Waals surface area contributed by atoms with Crippen LogP contribution in [-0.4, -0.2) is 0 Å². The first-order valence-corrected chi connectivity index (χ1v) is 2.36. The molecule has 1 aromatic rings. The van der Waals surface area contributed by atoms with E-state index in [1.165, 1.54) is 12.1 Å². The van der Waals surface area contributed by atoms with Gasteiger partial charge in [-0.3, -0.25) is 0 Å². The monoisotopic (exact) mass is 239 g/mol. The smallest absolute Gasteiger partial charge is 0.128 e. The lowest BCUT2D eigenvalue weighted by molar-refractivity contribution is -0.254. The fourth-order valence-electron chi connectivity index (χ4n) is 0.484. The van der Waals surface area contributed by atoms with Gasteiger partial charge in [-0.05, 0) is 12.1 Å². The van der Waals surface area contributed by atoms with Crippen LogP contribution >= 0.6 is 0 Å². The lowest BCUT2D eigenvalue weighted by Gasteiger charge is -1.83. The normalized spacial score (nSPS) is 8.22. The molecule has 1 aromatic carbocycles. The van der Waals surface area contributed by atoms with Crippen molar-refractivity contribution in [2.24, 2.45) is 0 Å². The van der Waals surface area contributed by atoms with Gasteiger partial charge in [-0.2, -0.15) is 0 Å². The molecule has 1 rings (SSSR count). The van der Waals surface area contributed by atoms with Crippen molar-refractivity contribution in [2.75, 3.05) is 0 Å². The van der Waals surface area contributed by atoms with E-state index in [9.17, 15) is 4.39 Å². The van der Waals surface area contributed by atoms with Crippen LogP contribution in [0.5, 0.6) is 0 Å². The van der Waals surface area contributed by atoms with Gasteiger partial charge in [-0.1, -0.05) is 0 Å². The molecular formula is C6H7FIN. The van der Waals surface area contributed by atoms with Gasteiger partial charge in [0, 0.05) is 12.1 Å². The van der Waals surface area contributed by atoms with E-state index in [1.807, 2.05) is 0 Å². The minimum Gasteiger partial charge on any atom is -1.00 e. The van der Waals surface area contributed by atoms with Crippen LogP contribution in [0.3, 0.4) is 0 Å². The molecule has 3 N–H and O–H groups in total. The van der Waals surface area contributed by atoms with Gasteiger partial charge in [0.25, 0.3) is 0 Å². The Morgan fingerprint density at radius 1 is 1.11 bits per heavy atom. The Labute approximate surface area is 70.1 Å². The molecule has 0 saturated heterocycles. The molecule has 0 aliphatic carbocycles. The maximum absolute atomic E-state index is 12.1. The van der Waals surface area contributed by atoms with Gasteiger partial charge in [-0.25, -0.2) is 4.39 Å². The topological polar surface area (TPSA) is 27.6 Å². The first-order chi connectivity index (χ1) is 3.79. The lowest BCUT2D eigenvalue weighted by Crippen LogP contribution is -3.00. The van der Waals surface area contributed by atoms with Gasteiger partial charge in [0.05, 0.1) is 0 Å². The number of quaternary nitrogens is 1. The lowest BCUT2D eigenvalue weighted by atomic mass is 10.3. The van der Waals surface area contributed by atoms with Crippen molar-refractivity contribution in [3.8, 4) is 0 Å². The van der Waals surface area contributed by atoms with Gasteiger partial charge >= 0.3 is 0 Å². The third kappa shape index (κ3) is 2.76. The second-order valence-corrected chi connectivity index (χ2v) is 1.63. The Morgan fingerprint density at radius 3 is 1.89 bits per heavy atom. The van der Waals surface area contributed by atoms with E-state index < -0.39 is 0 Å². The van der Waals surface area contributed by atoms with Gasteiger partial charge in [0.15, 0.2) is 0 Å². The maximum Gasteiger partial charge on any atom is 0.128 e. The highest BCUT2D eigenvalue weighted by Gasteiger charge is 1.87. The molecule has 0 spiro atoms. The summed E-state index contributed by atoms with van der Waals surface area (Å²) in [6, 6.07) is 6.05. The quantitative estimate of drug-likeness (QED) is 0.493. The third-order valence-corrected chi connectivity index (χ3v) is 0.913. The summed E-state index contributed by atoms with van der Waals surface area (Å²) in [5.41, 5.74) is 4.43. The van der Waals surface area contributed by atoms with Gasteiger partial charge in [0.2, 0.25) is 0 Å². The average molecular weight is 239 g/mol. The number of hydrogen-bond acceptors (Lipinski definition) is 0. The Kier molecular flexibility index (Phi) is 3.72. The average Bonchev–Trinajstić information content (AvgIpc) is 1.77. The summed E-state index contributed by atoms with van der Waals surface area (Å²) < 4.78 is 12.1. The summed E-state index contributed by atoms with van der Waals surface area (Å²) in [7, 11) is 0. The van der Waals surface area contributed by atoms with E-state index in [0.717, 1.165) is 5.69 Å². The fourth-order valence-corrected chi connectivity index (χ4v) is 0.484. The van der Waals surface area contributed by atoms with Crippen LogP contribution in [-0.2, 0) is 0 Å². The molecule has 0 aliphatic rings. The molecule has 0 aliphatic heterocycles. The summed E-state index contributed by atoms with van der Waals surface area (Å²) in [4.78, 5) is 0. The molecule has 0 radical (unpaired) electrons. The minimum atomic E-state index is -0.211. The SMILES string of the molecule is [I-].[NH3+]c1ccc(F)cc1. The van der Waals surface area contributed by atoms with Crippen LogP contribution in [0.1, 0.15) is 0 Å². The molecule has 1 nitrogen and oxygen atoms in total. The molecule has 0 unspecified atom stereocenters. The second-order valence-electron chi connectivity index (χ2n) is 1.63. The summed E-state index contributed by atoms with van der Waals surface area (Å²) in [6.45, 7) is 0. The largest absolute Gasteiger partial charge is 1.00 e. The zero-order valence-corrected chi connectivity index (χ0v) is 6.93. The zero-order valence-electron chi connectivity index (χ0n) is 4.77. The third-order valence-electron chi connectivity index (χ3n) is 0.913. The molecule has 9 heavy (non-hydrogen) atoms. The fraction of sp³-hybridized carbons (Fsp3) is 0. The molecule has 0 amide bonds. The Balaban J connectivity index is 0.000000640. The van der Waals surface area contributed by atoms with Crippen LogP contribution in [0.15, 0.2) is 24.3 Å². The van der Waals surface area contributed by atoms with Gasteiger partial charge in [0.1, 0.15) is 11.5 Å². The Hall–Kier alpha value is -0.160. The van der Waals surface area contributed by atoms with Crippen molar-refractivity contribution in [1.29, 1.82) is 0 Å². The number of benzene rings is 1. The van der Waals surface area contributed by atoms with Crippen LogP contribution in [0, 0.1) is 5.82 Å². The van der Waals surface area contributed by atoms with Crippen molar-refractivity contribution < 1.29 is 34.1 Å². The molecule has 0 atom stereocenters. The van der Waals surface area contributed by atoms with Crippen molar-refractivity contribution in [2.45, 2.75) is 0 Å². The first kappa shape index (κ1) is 8.84. The zero-order chi connectivity index (χ0) is 5.98. The molecule has 50 valence electrons. The van der Waals surface area contributed by atoms with Crippen molar-refractivity contribution >= 4 is 5.69 Å². The summed E-state index contributed by atoms with van der Waals surface area (Å²) >= 11 is 0. The van der Waals surface area contributed by atoms with Crippen LogP contribution in [0.4, 0.5) is 10.1 Å². The van der Waals surface area contributed by atoms with Gasteiger partial charge < -0.3 is 29.7 Å². The maximum atomic E-state index is 12.1. The highest BCUT2D eigenvalue weighted by Crippen LogP contribution is 1.99. The van der Waals surface area contributed by atoms with E-state index in [2.05, 4.69) is 5.73 Å². The first-order valence-electron chi connectivity index (χ1n) is 2.36. The minimum absolute atomic E-state index is 0. The number of rotatable bonds is 0. The van der Waals surface area contributed by atoms with E-state index >= 15 is 0 Å². The molecule has 3 heteroatoms. The van der Waals surface area contributed by atoms with Crippen molar-refractivity contribution in [1.82, 2.24) is 0 Å². The molecule has 0 fully saturated rings. The highest BCUT2D eigenvalue weighted by molar-refractivity contribution is 5.26. The van der Waals surface area contributed by atoms with E-state index in [4.69, 9.17) is 0 Å². The van der Waals surface area contributed by atoms with Gasteiger partial charge in [-0.15, -0.1) is 0 Å². The predicted octanol–water partition coefficient (Wildman–Crippen LogP) is -2.30. The van der Waals surface area contributed by atoms with Crippen LogP contribution in [0.2, 0.25) is 0 Å². The second kappa shape index (κ2) is 3.79. The van der Waals surface area contributed by atoms with E-state index in [0.29, 0.717) is 0 Å². The summed E-state index contributed by atoms with van der Waals surface area (Å²) in [6.07, 6.45) is 0. The standard InChI is InChI=1S/C6H6FN.HI/c7-5-1-3-6(8)4-2-5;/h1-4H,8H2;1H. The number of halogens is 2. The summed E-state index contributed by atoms with van der Waals surface area (Å²) in [5, 5.41) is 0. The van der Waals surface area contributed by atoms with Crippen LogP contribution < -0.4 is 29.7 Å². The highest BCUT2D eigenvalue weighted by atomic mass is 127. The molecule has 0 aromatic heterocycles.